The first-order valence-corrected chi connectivity index (χ1v) is 6.29. The Morgan fingerprint density at radius 1 is 1.13 bits per heavy atom. The van der Waals surface area contributed by atoms with Gasteiger partial charge in [-0.1, -0.05) is 51.5 Å². The minimum absolute atomic E-state index is 0.201. The molecule has 15 heavy (non-hydrogen) atoms. The molecule has 1 aromatic carbocycles. The fourth-order valence-corrected chi connectivity index (χ4v) is 2.26. The molecule has 1 heteroatoms. The number of rotatable bonds is 5. The standard InChI is InChI=1S/C14H21Cl/c1-4-5-12-6-8-13(9-7-12)14(2,3)10-11-15/h6-9H,4-5,10-11H2,1-3H3. The Morgan fingerprint density at radius 2 is 1.73 bits per heavy atom. The quantitative estimate of drug-likeness (QED) is 0.644. The van der Waals surface area contributed by atoms with Crippen LogP contribution < -0.4 is 0 Å². The highest BCUT2D eigenvalue weighted by Gasteiger charge is 2.19. The van der Waals surface area contributed by atoms with E-state index in [0.717, 1.165) is 12.3 Å². The van der Waals surface area contributed by atoms with Crippen LogP contribution in [0.15, 0.2) is 24.3 Å². The van der Waals surface area contributed by atoms with Crippen LogP contribution in [-0.4, -0.2) is 5.88 Å². The first-order chi connectivity index (χ1) is 7.10. The summed E-state index contributed by atoms with van der Waals surface area (Å²) in [6.45, 7) is 6.72. The topological polar surface area (TPSA) is 0 Å². The van der Waals surface area contributed by atoms with Crippen LogP contribution in [0.25, 0.3) is 0 Å². The molecule has 0 amide bonds. The van der Waals surface area contributed by atoms with Crippen LogP contribution in [0.2, 0.25) is 0 Å². The molecule has 0 saturated heterocycles. The van der Waals surface area contributed by atoms with Gasteiger partial charge in [0.15, 0.2) is 0 Å². The van der Waals surface area contributed by atoms with Crippen molar-refractivity contribution < 1.29 is 0 Å². The molecule has 0 atom stereocenters. The zero-order chi connectivity index (χ0) is 11.3. The Balaban J connectivity index is 2.78. The van der Waals surface area contributed by atoms with E-state index in [1.54, 1.807) is 0 Å². The third kappa shape index (κ3) is 3.53. The fraction of sp³-hybridized carbons (Fsp3) is 0.571. The van der Waals surface area contributed by atoms with Crippen molar-refractivity contribution in [3.8, 4) is 0 Å². The molecule has 0 N–H and O–H groups in total. The molecule has 0 aromatic heterocycles. The van der Waals surface area contributed by atoms with Crippen LogP contribution in [0, 0.1) is 0 Å². The van der Waals surface area contributed by atoms with Crippen molar-refractivity contribution in [1.82, 2.24) is 0 Å². The number of halogens is 1. The van der Waals surface area contributed by atoms with E-state index in [9.17, 15) is 0 Å². The van der Waals surface area contributed by atoms with Crippen LogP contribution in [0.5, 0.6) is 0 Å². The maximum atomic E-state index is 5.82. The Labute approximate surface area is 98.7 Å². The molecule has 0 aliphatic carbocycles. The largest absolute Gasteiger partial charge is 0.127 e. The van der Waals surface area contributed by atoms with Crippen molar-refractivity contribution in [3.05, 3.63) is 35.4 Å². The van der Waals surface area contributed by atoms with Gasteiger partial charge in [0.25, 0.3) is 0 Å². The first-order valence-electron chi connectivity index (χ1n) is 5.75. The minimum atomic E-state index is 0.201. The number of aryl methyl sites for hydroxylation is 1. The van der Waals surface area contributed by atoms with Gasteiger partial charge in [-0.3, -0.25) is 0 Å². The van der Waals surface area contributed by atoms with E-state index < -0.39 is 0 Å². The maximum absolute atomic E-state index is 5.82. The zero-order valence-electron chi connectivity index (χ0n) is 10.0. The third-order valence-electron chi connectivity index (χ3n) is 2.99. The fourth-order valence-electron chi connectivity index (χ4n) is 1.79. The van der Waals surface area contributed by atoms with Gasteiger partial charge in [-0.2, -0.15) is 0 Å². The molecule has 0 saturated carbocycles. The Morgan fingerprint density at radius 3 is 2.20 bits per heavy atom. The monoisotopic (exact) mass is 224 g/mol. The molecular formula is C14H21Cl. The van der Waals surface area contributed by atoms with Crippen molar-refractivity contribution in [1.29, 1.82) is 0 Å². The van der Waals surface area contributed by atoms with Gasteiger partial charge in [-0.05, 0) is 29.4 Å². The molecular weight excluding hydrogens is 204 g/mol. The van der Waals surface area contributed by atoms with Gasteiger partial charge in [-0.15, -0.1) is 11.6 Å². The molecule has 0 nitrogen and oxygen atoms in total. The third-order valence-corrected chi connectivity index (χ3v) is 3.18. The average Bonchev–Trinajstić information content (AvgIpc) is 2.19. The highest BCUT2D eigenvalue weighted by Crippen LogP contribution is 2.27. The second-order valence-electron chi connectivity index (χ2n) is 4.77. The summed E-state index contributed by atoms with van der Waals surface area (Å²) >= 11 is 5.82. The molecule has 0 aliphatic rings. The van der Waals surface area contributed by atoms with Crippen molar-refractivity contribution in [2.24, 2.45) is 0 Å². The van der Waals surface area contributed by atoms with Gasteiger partial charge in [0.05, 0.1) is 0 Å². The van der Waals surface area contributed by atoms with E-state index in [-0.39, 0.29) is 5.41 Å². The summed E-state index contributed by atoms with van der Waals surface area (Å²) in [6.07, 6.45) is 3.42. The van der Waals surface area contributed by atoms with Crippen LogP contribution in [0.4, 0.5) is 0 Å². The predicted octanol–water partition coefficient (Wildman–Crippen LogP) is 4.55. The molecule has 0 heterocycles. The van der Waals surface area contributed by atoms with Gasteiger partial charge < -0.3 is 0 Å². The van der Waals surface area contributed by atoms with E-state index >= 15 is 0 Å². The van der Waals surface area contributed by atoms with E-state index in [1.807, 2.05) is 0 Å². The van der Waals surface area contributed by atoms with Crippen LogP contribution >= 0.6 is 11.6 Å². The Bertz CT molecular complexity index is 285. The normalized spacial score (nSPS) is 11.7. The zero-order valence-corrected chi connectivity index (χ0v) is 10.8. The Hall–Kier alpha value is -0.490. The number of alkyl halides is 1. The summed E-state index contributed by atoms with van der Waals surface area (Å²) in [6, 6.07) is 8.98. The number of hydrogen-bond donors (Lipinski definition) is 0. The van der Waals surface area contributed by atoms with Gasteiger partial charge in [-0.25, -0.2) is 0 Å². The summed E-state index contributed by atoms with van der Waals surface area (Å²) in [5.41, 5.74) is 3.03. The van der Waals surface area contributed by atoms with Gasteiger partial charge in [0.2, 0.25) is 0 Å². The lowest BCUT2D eigenvalue weighted by Crippen LogP contribution is -2.17. The van der Waals surface area contributed by atoms with E-state index in [4.69, 9.17) is 11.6 Å². The molecule has 0 fully saturated rings. The van der Waals surface area contributed by atoms with Gasteiger partial charge >= 0.3 is 0 Å². The minimum Gasteiger partial charge on any atom is -0.127 e. The average molecular weight is 225 g/mol. The van der Waals surface area contributed by atoms with Crippen molar-refractivity contribution in [3.63, 3.8) is 0 Å². The smallest absolute Gasteiger partial charge is 0.0231 e. The van der Waals surface area contributed by atoms with Crippen molar-refractivity contribution in [2.75, 3.05) is 5.88 Å². The first kappa shape index (κ1) is 12.6. The van der Waals surface area contributed by atoms with Gasteiger partial charge in [0.1, 0.15) is 0 Å². The van der Waals surface area contributed by atoms with E-state index in [2.05, 4.69) is 45.0 Å². The summed E-state index contributed by atoms with van der Waals surface area (Å²) < 4.78 is 0. The van der Waals surface area contributed by atoms with Crippen LogP contribution in [-0.2, 0) is 11.8 Å². The van der Waals surface area contributed by atoms with Crippen molar-refractivity contribution >= 4 is 11.6 Å². The molecule has 0 aliphatic heterocycles. The van der Waals surface area contributed by atoms with E-state index in [1.165, 1.54) is 24.0 Å². The van der Waals surface area contributed by atoms with Crippen LogP contribution in [0.3, 0.4) is 0 Å². The number of hydrogen-bond acceptors (Lipinski definition) is 0. The summed E-state index contributed by atoms with van der Waals surface area (Å²) in [4.78, 5) is 0. The maximum Gasteiger partial charge on any atom is 0.0231 e. The summed E-state index contributed by atoms with van der Waals surface area (Å²) in [5, 5.41) is 0. The molecule has 0 radical (unpaired) electrons. The second kappa shape index (κ2) is 5.55. The second-order valence-corrected chi connectivity index (χ2v) is 5.15. The van der Waals surface area contributed by atoms with Crippen LogP contribution in [0.1, 0.15) is 44.7 Å². The summed E-state index contributed by atoms with van der Waals surface area (Å²) in [7, 11) is 0. The highest BCUT2D eigenvalue weighted by molar-refractivity contribution is 6.17. The molecule has 1 aromatic rings. The van der Waals surface area contributed by atoms with E-state index in [0.29, 0.717) is 0 Å². The lowest BCUT2D eigenvalue weighted by molar-refractivity contribution is 0.509. The molecule has 1 rings (SSSR count). The SMILES string of the molecule is CCCc1ccc(C(C)(C)CCCl)cc1. The number of benzene rings is 1. The lowest BCUT2D eigenvalue weighted by atomic mass is 9.82. The highest BCUT2D eigenvalue weighted by atomic mass is 35.5. The predicted molar refractivity (Wildman–Crippen MR) is 68.8 cm³/mol. The van der Waals surface area contributed by atoms with Gasteiger partial charge in [0, 0.05) is 5.88 Å². The van der Waals surface area contributed by atoms with Crippen molar-refractivity contribution in [2.45, 2.75) is 45.4 Å². The lowest BCUT2D eigenvalue weighted by Gasteiger charge is -2.24. The molecule has 0 spiro atoms. The summed E-state index contributed by atoms with van der Waals surface area (Å²) in [5.74, 6) is 0.726. The Kier molecular flexibility index (Phi) is 4.66. The molecule has 0 unspecified atom stereocenters. The molecule has 84 valence electrons. The molecule has 0 bridgehead atoms.